The van der Waals surface area contributed by atoms with Gasteiger partial charge in [0, 0.05) is 130 Å². The minimum Gasteiger partial charge on any atom is -0.261 e. The summed E-state index contributed by atoms with van der Waals surface area (Å²) in [7, 11) is 0. The number of hydrogen-bond acceptors (Lipinski definition) is 17. The van der Waals surface area contributed by atoms with Gasteiger partial charge in [0.15, 0.2) is 75.7 Å². The molecule has 0 saturated carbocycles. The van der Waals surface area contributed by atoms with E-state index < -0.39 is 0 Å². The molecule has 0 atom stereocenters. The van der Waals surface area contributed by atoms with E-state index in [1.165, 1.54) is 22.3 Å². The Morgan fingerprint density at radius 3 is 0.557 bits per heavy atom. The minimum absolute atomic E-state index is 0.619. The molecule has 0 bridgehead atoms. The Morgan fingerprint density at radius 1 is 0.121 bits per heavy atom. The van der Waals surface area contributed by atoms with Crippen LogP contribution in [-0.2, 0) is 0 Å². The Kier molecular flexibility index (Phi) is 28.9. The second kappa shape index (κ2) is 45.1. The van der Waals surface area contributed by atoms with Gasteiger partial charge in [0.1, 0.15) is 0 Å². The van der Waals surface area contributed by atoms with Gasteiger partial charge in [-0.3, -0.25) is 15.0 Å². The van der Waals surface area contributed by atoms with Crippen molar-refractivity contribution in [3.63, 3.8) is 0 Å². The largest absolute Gasteiger partial charge is 0.261 e. The SMILES string of the molecule is Cc1cc(C)nc(-c2ccc(-c3nc(-c4ccccc4)nc(-c4ccc(-c5ccccc5)cc4)n3)cc2)n1.Cc1ccc(-c2ccc(-c3nc(-c4ccccc4)nc(-c4ccc(-c5ccccc5)cc4)n3)cc2)cn1.Cc1cccc(-c2ccc(-c3nc(-c4ccccc4)nc(-c4ccc(-c5ccccc5)cc4)n3)cc2)n1.Cc1ncccc1-c1ccc(-c2nc(-c3ccccc3)nc(-c3ccc(-c4ccccc4)cc3)n2)cc1. The smallest absolute Gasteiger partial charge is 0.164 e. The molecule has 0 radical (unpaired) electrons. The zero-order chi connectivity index (χ0) is 101. The fraction of sp³-hybridized carbons (Fsp3) is 0.0379. The highest BCUT2D eigenvalue weighted by molar-refractivity contribution is 5.80. The summed E-state index contributed by atoms with van der Waals surface area (Å²) in [6, 6.07) is 164. The quantitative estimate of drug-likeness (QED) is 0.0692. The summed E-state index contributed by atoms with van der Waals surface area (Å²) in [6.07, 6.45) is 3.72. The zero-order valence-electron chi connectivity index (χ0n) is 82.4. The van der Waals surface area contributed by atoms with Gasteiger partial charge in [-0.1, -0.05) is 455 Å². The average molecular weight is 1920 g/mol. The van der Waals surface area contributed by atoms with Crippen LogP contribution in [0.25, 0.3) is 226 Å². The highest BCUT2D eigenvalue weighted by Gasteiger charge is 2.21. The molecule has 0 fully saturated rings. The van der Waals surface area contributed by atoms with Crippen LogP contribution < -0.4 is 0 Å². The molecule has 0 N–H and O–H groups in total. The molecule has 0 unspecified atom stereocenters. The van der Waals surface area contributed by atoms with E-state index in [0.29, 0.717) is 75.7 Å². The Morgan fingerprint density at radius 2 is 0.322 bits per heavy atom. The number of hydrogen-bond donors (Lipinski definition) is 0. The van der Waals surface area contributed by atoms with Crippen molar-refractivity contribution in [2.45, 2.75) is 34.6 Å². The van der Waals surface area contributed by atoms with Gasteiger partial charge in [0.25, 0.3) is 0 Å². The molecule has 149 heavy (non-hydrogen) atoms. The molecular formula is C132H97N17. The molecule has 17 heteroatoms. The van der Waals surface area contributed by atoms with Gasteiger partial charge in [0.2, 0.25) is 0 Å². The van der Waals surface area contributed by atoms with Crippen molar-refractivity contribution in [2.75, 3.05) is 0 Å². The number of aryl methyl sites for hydroxylation is 5. The van der Waals surface area contributed by atoms with Crippen LogP contribution in [0, 0.1) is 34.6 Å². The van der Waals surface area contributed by atoms with Gasteiger partial charge in [-0.15, -0.1) is 0 Å². The molecule has 0 saturated heterocycles. The fourth-order valence-electron chi connectivity index (χ4n) is 17.3. The van der Waals surface area contributed by atoms with Gasteiger partial charge in [-0.2, -0.15) is 0 Å². The summed E-state index contributed by atoms with van der Waals surface area (Å²) in [5, 5.41) is 0. The summed E-state index contributed by atoms with van der Waals surface area (Å²) in [5.74, 6) is 8.43. The fourth-order valence-corrected chi connectivity index (χ4v) is 17.3. The standard InChI is InChI=1S/C33H25N5.3C33H24N4/c1-22-21-23(2)35-30(34-22)27-17-19-29(20-18-27)33-37-31(26-11-7-4-8-12-26)36-32(38-33)28-15-13-25(14-16-28)24-9-5-3-6-10-24;1-23-9-8-14-30(34-23)26-17-21-29(22-18-26)33-36-31(27-12-6-3-7-13-27)35-32(37-33)28-19-15-25(16-20-28)24-10-4-2-5-11-24;1-23-30(13-8-22-34-23)26-16-20-29(21-17-26)33-36-31(27-11-6-3-7-12-27)35-32(37-33)28-18-14-25(15-19-28)24-9-4-2-5-10-24;1-23-12-13-30(22-34-23)26-16-20-29(21-17-26)33-36-31(27-10-6-3-7-11-27)35-32(37-33)28-18-14-25(15-19-28)24-8-4-2-5-9-24/h3-21H,1-2H3;3*2-22H,1H3. The molecule has 0 spiro atoms. The third-order valence-electron chi connectivity index (χ3n) is 25.2. The maximum absolute atomic E-state index is 4.89. The Hall–Kier alpha value is -19.9. The van der Waals surface area contributed by atoms with E-state index in [4.69, 9.17) is 59.8 Å². The lowest BCUT2D eigenvalue weighted by molar-refractivity contribution is 1.06. The van der Waals surface area contributed by atoms with Gasteiger partial charge >= 0.3 is 0 Å². The number of aromatic nitrogens is 17. The van der Waals surface area contributed by atoms with E-state index >= 15 is 0 Å². The molecule has 710 valence electrons. The first kappa shape index (κ1) is 95.3. The van der Waals surface area contributed by atoms with E-state index in [1.807, 2.05) is 302 Å². The van der Waals surface area contributed by atoms with Crippen molar-refractivity contribution in [1.29, 1.82) is 0 Å². The predicted molar refractivity (Wildman–Crippen MR) is 601 cm³/mol. The highest BCUT2D eigenvalue weighted by Crippen LogP contribution is 2.37. The van der Waals surface area contributed by atoms with Crippen LogP contribution in [-0.4, -0.2) is 84.7 Å². The third kappa shape index (κ3) is 23.4. The van der Waals surface area contributed by atoms with Crippen LogP contribution in [0.5, 0.6) is 0 Å². The second-order valence-corrected chi connectivity index (χ2v) is 35.7. The molecular weight excluding hydrogens is 1820 g/mol. The summed E-state index contributed by atoms with van der Waals surface area (Å²) in [6.45, 7) is 9.98. The molecule has 16 aromatic carbocycles. The van der Waals surface area contributed by atoms with Crippen molar-refractivity contribution in [2.24, 2.45) is 0 Å². The lowest BCUT2D eigenvalue weighted by Gasteiger charge is -2.10. The van der Waals surface area contributed by atoms with E-state index in [9.17, 15) is 0 Å². The first-order chi connectivity index (χ1) is 73.3. The van der Waals surface area contributed by atoms with Crippen LogP contribution in [0.4, 0.5) is 0 Å². The molecule has 24 rings (SSSR count). The van der Waals surface area contributed by atoms with Crippen LogP contribution in [0.1, 0.15) is 28.5 Å². The van der Waals surface area contributed by atoms with Gasteiger partial charge < -0.3 is 0 Å². The third-order valence-corrected chi connectivity index (χ3v) is 25.2. The van der Waals surface area contributed by atoms with E-state index in [0.717, 1.165) is 157 Å². The van der Waals surface area contributed by atoms with Gasteiger partial charge in [-0.25, -0.2) is 69.8 Å². The summed E-state index contributed by atoms with van der Waals surface area (Å²) < 4.78 is 0. The zero-order valence-corrected chi connectivity index (χ0v) is 82.4. The maximum atomic E-state index is 4.89. The van der Waals surface area contributed by atoms with Crippen molar-refractivity contribution in [3.05, 3.63) is 526 Å². The van der Waals surface area contributed by atoms with E-state index in [1.54, 1.807) is 0 Å². The van der Waals surface area contributed by atoms with Gasteiger partial charge in [0.05, 0.1) is 5.69 Å². The lowest BCUT2D eigenvalue weighted by atomic mass is 10.0. The molecule has 17 nitrogen and oxygen atoms in total. The van der Waals surface area contributed by atoms with Crippen molar-refractivity contribution < 1.29 is 0 Å². The molecule has 0 aliphatic rings. The van der Waals surface area contributed by atoms with Crippen molar-refractivity contribution >= 4 is 0 Å². The topological polar surface area (TPSA) is 219 Å². The Labute approximate surface area is 865 Å². The van der Waals surface area contributed by atoms with E-state index in [2.05, 4.69) is 255 Å². The van der Waals surface area contributed by atoms with Crippen molar-refractivity contribution in [1.82, 2.24) is 84.7 Å². The lowest BCUT2D eigenvalue weighted by Crippen LogP contribution is -2.00. The summed E-state index contributed by atoms with van der Waals surface area (Å²) in [4.78, 5) is 80.9. The molecule has 0 amide bonds. The van der Waals surface area contributed by atoms with Gasteiger partial charge in [-0.05, 0) is 121 Å². The second-order valence-electron chi connectivity index (χ2n) is 35.7. The molecule has 8 aromatic heterocycles. The summed E-state index contributed by atoms with van der Waals surface area (Å²) in [5.41, 5.74) is 32.9. The minimum atomic E-state index is 0.619. The molecule has 0 aliphatic carbocycles. The number of benzene rings is 16. The number of pyridine rings is 3. The average Bonchev–Trinajstić information content (AvgIpc) is 0.801. The Bertz CT molecular complexity index is 8640. The van der Waals surface area contributed by atoms with E-state index in [-0.39, 0.29) is 0 Å². The first-order valence-corrected chi connectivity index (χ1v) is 49.3. The highest BCUT2D eigenvalue weighted by atomic mass is 15.1. The molecule has 24 aromatic rings. The Balaban J connectivity index is 0.000000116. The van der Waals surface area contributed by atoms with Crippen LogP contribution in [0.3, 0.4) is 0 Å². The first-order valence-electron chi connectivity index (χ1n) is 49.3. The number of nitrogens with zero attached hydrogens (tertiary/aromatic N) is 17. The van der Waals surface area contributed by atoms with Crippen molar-refractivity contribution in [3.8, 4) is 226 Å². The molecule has 0 aliphatic heterocycles. The predicted octanol–water partition coefficient (Wildman–Crippen LogP) is 31.3. The van der Waals surface area contributed by atoms with Crippen LogP contribution in [0.15, 0.2) is 498 Å². The maximum Gasteiger partial charge on any atom is 0.164 e. The summed E-state index contributed by atoms with van der Waals surface area (Å²) >= 11 is 0. The van der Waals surface area contributed by atoms with Crippen LogP contribution >= 0.6 is 0 Å². The monoisotopic (exact) mass is 1920 g/mol. The normalized spacial score (nSPS) is 10.9. The molecule has 8 heterocycles. The van der Waals surface area contributed by atoms with Crippen LogP contribution in [0.2, 0.25) is 0 Å². The number of rotatable bonds is 20.